The third kappa shape index (κ3) is 3.79. The van der Waals surface area contributed by atoms with Crippen LogP contribution in [0.3, 0.4) is 0 Å². The molecule has 2 atom stereocenters. The van der Waals surface area contributed by atoms with Crippen LogP contribution >= 0.6 is 0 Å². The number of aryl methyl sites for hydroxylation is 1. The van der Waals surface area contributed by atoms with Crippen molar-refractivity contribution in [1.82, 2.24) is 5.32 Å². The number of carbonyl (C=O) groups excluding carboxylic acids is 1. The van der Waals surface area contributed by atoms with Crippen LogP contribution < -0.4 is 10.1 Å². The van der Waals surface area contributed by atoms with Crippen LogP contribution in [0.4, 0.5) is 5.69 Å². The van der Waals surface area contributed by atoms with Crippen LogP contribution in [0, 0.1) is 10.1 Å². The number of amides is 1. The van der Waals surface area contributed by atoms with Gasteiger partial charge in [0.15, 0.2) is 11.9 Å². The van der Waals surface area contributed by atoms with Gasteiger partial charge in [0.25, 0.3) is 5.91 Å². The summed E-state index contributed by atoms with van der Waals surface area (Å²) < 4.78 is 5.54. The van der Waals surface area contributed by atoms with E-state index in [0.717, 1.165) is 24.8 Å². The number of nitrogens with zero attached hydrogens (tertiary/aromatic N) is 1. The molecule has 0 aliphatic heterocycles. The van der Waals surface area contributed by atoms with Gasteiger partial charge in [0.2, 0.25) is 0 Å². The molecule has 6 heteroatoms. The smallest absolute Gasteiger partial charge is 0.310 e. The number of hydrogen-bond acceptors (Lipinski definition) is 4. The quantitative estimate of drug-likeness (QED) is 0.666. The molecule has 0 saturated heterocycles. The topological polar surface area (TPSA) is 81.5 Å². The summed E-state index contributed by atoms with van der Waals surface area (Å²) in [6.07, 6.45) is 2.09. The second-order valence-corrected chi connectivity index (χ2v) is 6.14. The van der Waals surface area contributed by atoms with E-state index in [1.54, 1.807) is 19.1 Å². The predicted molar refractivity (Wildman–Crippen MR) is 93.5 cm³/mol. The monoisotopic (exact) mass is 340 g/mol. The minimum atomic E-state index is -0.824. The molecule has 0 bridgehead atoms. The van der Waals surface area contributed by atoms with Crippen molar-refractivity contribution in [2.45, 2.75) is 38.3 Å². The molecule has 2 aromatic rings. The summed E-state index contributed by atoms with van der Waals surface area (Å²) in [5, 5.41) is 14.1. The van der Waals surface area contributed by atoms with Crippen molar-refractivity contribution in [2.75, 3.05) is 0 Å². The molecule has 1 amide bonds. The van der Waals surface area contributed by atoms with Crippen LogP contribution in [0.25, 0.3) is 0 Å². The lowest BCUT2D eigenvalue weighted by atomic mass is 9.87. The van der Waals surface area contributed by atoms with Gasteiger partial charge < -0.3 is 10.1 Å². The molecule has 6 nitrogen and oxygen atoms in total. The maximum Gasteiger partial charge on any atom is 0.310 e. The first-order valence-corrected chi connectivity index (χ1v) is 8.34. The first kappa shape index (κ1) is 17.0. The lowest BCUT2D eigenvalue weighted by Gasteiger charge is -2.27. The van der Waals surface area contributed by atoms with E-state index in [9.17, 15) is 14.9 Å². The average Bonchev–Trinajstić information content (AvgIpc) is 2.62. The van der Waals surface area contributed by atoms with Crippen LogP contribution in [0.2, 0.25) is 0 Å². The summed E-state index contributed by atoms with van der Waals surface area (Å²) in [4.78, 5) is 23.0. The molecule has 0 saturated carbocycles. The molecule has 2 aromatic carbocycles. The fourth-order valence-corrected chi connectivity index (χ4v) is 3.14. The van der Waals surface area contributed by atoms with Gasteiger partial charge in [-0.25, -0.2) is 0 Å². The Balaban J connectivity index is 1.69. The van der Waals surface area contributed by atoms with Crippen molar-refractivity contribution in [3.8, 4) is 5.75 Å². The van der Waals surface area contributed by atoms with Crippen molar-refractivity contribution in [3.63, 3.8) is 0 Å². The highest BCUT2D eigenvalue weighted by Gasteiger charge is 2.25. The third-order valence-electron chi connectivity index (χ3n) is 4.42. The Morgan fingerprint density at radius 1 is 1.24 bits per heavy atom. The Labute approximate surface area is 146 Å². The molecular formula is C19H20N2O4. The molecule has 1 aliphatic carbocycles. The molecule has 0 fully saturated rings. The molecule has 0 heterocycles. The Hall–Kier alpha value is -2.89. The fourth-order valence-electron chi connectivity index (χ4n) is 3.14. The number of nitro benzene ring substituents is 1. The molecule has 0 aromatic heterocycles. The SMILES string of the molecule is CC(Oc1ccccc1[N+](=O)[O-])C(=O)NC1CCCc2ccccc21. The number of carbonyl (C=O) groups is 1. The number of ether oxygens (including phenoxy) is 1. The zero-order valence-electron chi connectivity index (χ0n) is 14.0. The van der Waals surface area contributed by atoms with Crippen molar-refractivity contribution in [2.24, 2.45) is 0 Å². The van der Waals surface area contributed by atoms with Crippen LogP contribution in [0.5, 0.6) is 5.75 Å². The fraction of sp³-hybridized carbons (Fsp3) is 0.316. The van der Waals surface area contributed by atoms with Crippen molar-refractivity contribution < 1.29 is 14.5 Å². The predicted octanol–water partition coefficient (Wildman–Crippen LogP) is 3.56. The van der Waals surface area contributed by atoms with E-state index < -0.39 is 11.0 Å². The highest BCUT2D eigenvalue weighted by molar-refractivity contribution is 5.81. The lowest BCUT2D eigenvalue weighted by Crippen LogP contribution is -2.39. The summed E-state index contributed by atoms with van der Waals surface area (Å²) in [5.74, 6) is -0.181. The largest absolute Gasteiger partial charge is 0.474 e. The minimum absolute atomic E-state index is 0.0470. The average molecular weight is 340 g/mol. The van der Waals surface area contributed by atoms with Gasteiger partial charge in [0.1, 0.15) is 0 Å². The number of nitrogens with one attached hydrogen (secondary N) is 1. The molecule has 3 rings (SSSR count). The maximum atomic E-state index is 12.5. The zero-order valence-corrected chi connectivity index (χ0v) is 14.0. The van der Waals surface area contributed by atoms with Crippen LogP contribution in [0.15, 0.2) is 48.5 Å². The van der Waals surface area contributed by atoms with Crippen molar-refractivity contribution >= 4 is 11.6 Å². The van der Waals surface area contributed by atoms with E-state index in [4.69, 9.17) is 4.74 Å². The number of benzene rings is 2. The second kappa shape index (κ2) is 7.34. The highest BCUT2D eigenvalue weighted by Crippen LogP contribution is 2.30. The standard InChI is InChI=1S/C19H20N2O4/c1-13(25-18-12-5-4-11-17(18)21(23)24)19(22)20-16-10-6-8-14-7-2-3-9-15(14)16/h2-5,7,9,11-13,16H,6,8,10H2,1H3,(H,20,22). The molecule has 25 heavy (non-hydrogen) atoms. The van der Waals surface area contributed by atoms with Crippen LogP contribution in [0.1, 0.15) is 36.9 Å². The van der Waals surface area contributed by atoms with Crippen LogP contribution in [-0.2, 0) is 11.2 Å². The third-order valence-corrected chi connectivity index (χ3v) is 4.42. The Kier molecular flexibility index (Phi) is 4.97. The number of para-hydroxylation sites is 2. The number of fused-ring (bicyclic) bond motifs is 1. The molecule has 0 spiro atoms. The van der Waals surface area contributed by atoms with Gasteiger partial charge in [0.05, 0.1) is 11.0 Å². The van der Waals surface area contributed by atoms with E-state index >= 15 is 0 Å². The van der Waals surface area contributed by atoms with Gasteiger partial charge >= 0.3 is 5.69 Å². The van der Waals surface area contributed by atoms with Gasteiger partial charge in [-0.2, -0.15) is 0 Å². The van der Waals surface area contributed by atoms with Gasteiger partial charge in [-0.3, -0.25) is 14.9 Å². The van der Waals surface area contributed by atoms with E-state index in [1.165, 1.54) is 17.7 Å². The summed E-state index contributed by atoms with van der Waals surface area (Å²) in [5.41, 5.74) is 2.25. The zero-order chi connectivity index (χ0) is 17.8. The normalized spacial score (nSPS) is 17.2. The molecular weight excluding hydrogens is 320 g/mol. The first-order chi connectivity index (χ1) is 12.1. The maximum absolute atomic E-state index is 12.5. The Morgan fingerprint density at radius 2 is 1.96 bits per heavy atom. The number of hydrogen-bond donors (Lipinski definition) is 1. The molecule has 0 radical (unpaired) electrons. The van der Waals surface area contributed by atoms with E-state index in [2.05, 4.69) is 11.4 Å². The summed E-state index contributed by atoms with van der Waals surface area (Å²) >= 11 is 0. The van der Waals surface area contributed by atoms with Crippen molar-refractivity contribution in [3.05, 3.63) is 69.8 Å². The number of nitro groups is 1. The molecule has 2 unspecified atom stereocenters. The van der Waals surface area contributed by atoms with Gasteiger partial charge in [-0.1, -0.05) is 36.4 Å². The molecule has 1 N–H and O–H groups in total. The summed E-state index contributed by atoms with van der Waals surface area (Å²) in [6, 6.07) is 14.1. The summed E-state index contributed by atoms with van der Waals surface area (Å²) in [7, 11) is 0. The molecule has 1 aliphatic rings. The Bertz CT molecular complexity index is 790. The van der Waals surface area contributed by atoms with Gasteiger partial charge in [0, 0.05) is 6.07 Å². The van der Waals surface area contributed by atoms with Gasteiger partial charge in [-0.15, -0.1) is 0 Å². The molecule has 130 valence electrons. The van der Waals surface area contributed by atoms with Gasteiger partial charge in [-0.05, 0) is 43.4 Å². The Morgan fingerprint density at radius 3 is 2.76 bits per heavy atom. The first-order valence-electron chi connectivity index (χ1n) is 8.34. The minimum Gasteiger partial charge on any atom is -0.474 e. The summed E-state index contributed by atoms with van der Waals surface area (Å²) in [6.45, 7) is 1.60. The highest BCUT2D eigenvalue weighted by atomic mass is 16.6. The van der Waals surface area contributed by atoms with Crippen LogP contribution in [-0.4, -0.2) is 16.9 Å². The number of rotatable bonds is 5. The van der Waals surface area contributed by atoms with E-state index in [-0.39, 0.29) is 23.4 Å². The lowest BCUT2D eigenvalue weighted by molar-refractivity contribution is -0.386. The van der Waals surface area contributed by atoms with E-state index in [1.807, 2.05) is 18.2 Å². The van der Waals surface area contributed by atoms with Crippen molar-refractivity contribution in [1.29, 1.82) is 0 Å². The second-order valence-electron chi connectivity index (χ2n) is 6.14. The van der Waals surface area contributed by atoms with E-state index in [0.29, 0.717) is 0 Å².